The Bertz CT molecular complexity index is 1300. The maximum atomic E-state index is 14.3. The number of amides is 1. The van der Waals surface area contributed by atoms with Gasteiger partial charge in [0, 0.05) is 25.2 Å². The number of carbonyl (C=O) groups is 1. The molecule has 1 fully saturated rings. The molecule has 1 aliphatic heterocycles. The Morgan fingerprint density at radius 1 is 1.19 bits per heavy atom. The van der Waals surface area contributed by atoms with Crippen molar-refractivity contribution < 1.29 is 22.3 Å². The first-order valence-corrected chi connectivity index (χ1v) is 11.8. The Morgan fingerprint density at radius 2 is 1.90 bits per heavy atom. The largest absolute Gasteiger partial charge is 0.379 e. The highest BCUT2D eigenvalue weighted by atomic mass is 32.2. The SMILES string of the molecule is C=CCn1c(=NC(=O)c2ccc(S(=O)(=O)N3CCOCC3)cc2)sc2cccc(F)c21. The molecule has 0 N–H and O–H groups in total. The van der Waals surface area contributed by atoms with E-state index in [9.17, 15) is 17.6 Å². The monoisotopic (exact) mass is 461 g/mol. The molecule has 2 heterocycles. The van der Waals surface area contributed by atoms with Gasteiger partial charge in [-0.1, -0.05) is 23.5 Å². The van der Waals surface area contributed by atoms with Crippen molar-refractivity contribution in [3.05, 3.63) is 71.3 Å². The number of para-hydroxylation sites is 1. The molecule has 0 spiro atoms. The van der Waals surface area contributed by atoms with Gasteiger partial charge >= 0.3 is 0 Å². The number of carbonyl (C=O) groups excluding carboxylic acids is 1. The topological polar surface area (TPSA) is 81.0 Å². The average Bonchev–Trinajstić information content (AvgIpc) is 3.13. The average molecular weight is 462 g/mol. The molecule has 0 unspecified atom stereocenters. The number of thiazole rings is 1. The van der Waals surface area contributed by atoms with E-state index in [0.29, 0.717) is 47.9 Å². The van der Waals surface area contributed by atoms with E-state index in [2.05, 4.69) is 11.6 Å². The summed E-state index contributed by atoms with van der Waals surface area (Å²) in [6.07, 6.45) is 1.60. The van der Waals surface area contributed by atoms with Crippen LogP contribution in [0.15, 0.2) is 65.0 Å². The van der Waals surface area contributed by atoms with E-state index in [1.54, 1.807) is 22.8 Å². The van der Waals surface area contributed by atoms with Gasteiger partial charge in [0.25, 0.3) is 5.91 Å². The number of aromatic nitrogens is 1. The summed E-state index contributed by atoms with van der Waals surface area (Å²) in [7, 11) is -3.64. The Balaban J connectivity index is 1.66. The summed E-state index contributed by atoms with van der Waals surface area (Å²) in [5, 5.41) is 0. The lowest BCUT2D eigenvalue weighted by Crippen LogP contribution is -2.40. The van der Waals surface area contributed by atoms with E-state index >= 15 is 0 Å². The van der Waals surface area contributed by atoms with E-state index in [-0.39, 0.29) is 10.5 Å². The van der Waals surface area contributed by atoms with Crippen molar-refractivity contribution in [3.8, 4) is 0 Å². The van der Waals surface area contributed by atoms with Crippen LogP contribution in [0.3, 0.4) is 0 Å². The predicted molar refractivity (Wildman–Crippen MR) is 116 cm³/mol. The number of allylic oxidation sites excluding steroid dienone is 1. The first kappa shape index (κ1) is 21.6. The third-order valence-electron chi connectivity index (χ3n) is 4.87. The quantitative estimate of drug-likeness (QED) is 0.547. The first-order valence-electron chi connectivity index (χ1n) is 9.57. The van der Waals surface area contributed by atoms with Gasteiger partial charge in [-0.25, -0.2) is 12.8 Å². The fraction of sp³-hybridized carbons (Fsp3) is 0.238. The summed E-state index contributed by atoms with van der Waals surface area (Å²) < 4.78 is 48.6. The molecule has 1 aromatic heterocycles. The number of rotatable bonds is 5. The molecule has 1 amide bonds. The zero-order valence-corrected chi connectivity index (χ0v) is 18.2. The molecule has 4 rings (SSSR count). The van der Waals surface area contributed by atoms with Gasteiger partial charge in [0.1, 0.15) is 5.82 Å². The first-order chi connectivity index (χ1) is 14.9. The van der Waals surface area contributed by atoms with Crippen molar-refractivity contribution in [2.75, 3.05) is 26.3 Å². The maximum absolute atomic E-state index is 14.3. The van der Waals surface area contributed by atoms with E-state index in [1.165, 1.54) is 46.0 Å². The molecule has 1 aliphatic rings. The highest BCUT2D eigenvalue weighted by Gasteiger charge is 2.26. The maximum Gasteiger partial charge on any atom is 0.279 e. The second kappa shape index (κ2) is 8.83. The van der Waals surface area contributed by atoms with Gasteiger partial charge in [0.2, 0.25) is 10.0 Å². The summed E-state index contributed by atoms with van der Waals surface area (Å²) in [6.45, 7) is 5.29. The lowest BCUT2D eigenvalue weighted by molar-refractivity contribution is 0.0730. The van der Waals surface area contributed by atoms with Crippen molar-refractivity contribution in [2.24, 2.45) is 4.99 Å². The molecular weight excluding hydrogens is 441 g/mol. The van der Waals surface area contributed by atoms with Crippen LogP contribution in [0.4, 0.5) is 4.39 Å². The van der Waals surface area contributed by atoms with Crippen molar-refractivity contribution >= 4 is 37.5 Å². The molecule has 7 nitrogen and oxygen atoms in total. The summed E-state index contributed by atoms with van der Waals surface area (Å²) in [4.78, 5) is 17.3. The van der Waals surface area contributed by atoms with E-state index < -0.39 is 21.7 Å². The fourth-order valence-corrected chi connectivity index (χ4v) is 5.79. The number of nitrogens with zero attached hydrogens (tertiary/aromatic N) is 3. The van der Waals surface area contributed by atoms with Gasteiger partial charge in [0.05, 0.1) is 28.3 Å². The highest BCUT2D eigenvalue weighted by Crippen LogP contribution is 2.21. The van der Waals surface area contributed by atoms with Crippen LogP contribution in [0.25, 0.3) is 10.2 Å². The van der Waals surface area contributed by atoms with Gasteiger partial charge in [-0.15, -0.1) is 6.58 Å². The fourth-order valence-electron chi connectivity index (χ4n) is 3.33. The molecule has 0 bridgehead atoms. The van der Waals surface area contributed by atoms with Crippen LogP contribution in [0.1, 0.15) is 10.4 Å². The summed E-state index contributed by atoms with van der Waals surface area (Å²) in [6, 6.07) is 10.4. The van der Waals surface area contributed by atoms with E-state index in [0.717, 1.165) is 0 Å². The minimum Gasteiger partial charge on any atom is -0.379 e. The van der Waals surface area contributed by atoms with Gasteiger partial charge in [-0.05, 0) is 36.4 Å². The van der Waals surface area contributed by atoms with Crippen molar-refractivity contribution in [1.29, 1.82) is 0 Å². The number of benzene rings is 2. The van der Waals surface area contributed by atoms with Gasteiger partial charge in [-0.2, -0.15) is 9.30 Å². The summed E-state index contributed by atoms with van der Waals surface area (Å²) >= 11 is 1.20. The number of hydrogen-bond acceptors (Lipinski definition) is 5. The molecule has 1 saturated heterocycles. The molecule has 31 heavy (non-hydrogen) atoms. The van der Waals surface area contributed by atoms with Gasteiger partial charge < -0.3 is 9.30 Å². The van der Waals surface area contributed by atoms with Gasteiger partial charge in [-0.3, -0.25) is 4.79 Å². The zero-order chi connectivity index (χ0) is 22.0. The molecule has 0 radical (unpaired) electrons. The second-order valence-electron chi connectivity index (χ2n) is 6.83. The minimum atomic E-state index is -3.64. The number of fused-ring (bicyclic) bond motifs is 1. The molecule has 0 aliphatic carbocycles. The highest BCUT2D eigenvalue weighted by molar-refractivity contribution is 7.89. The van der Waals surface area contributed by atoms with Gasteiger partial charge in [0.15, 0.2) is 4.80 Å². The second-order valence-corrected chi connectivity index (χ2v) is 9.78. The molecule has 10 heteroatoms. The van der Waals surface area contributed by atoms with Crippen LogP contribution < -0.4 is 4.80 Å². The molecule has 162 valence electrons. The molecule has 0 atom stereocenters. The smallest absolute Gasteiger partial charge is 0.279 e. The third-order valence-corrected chi connectivity index (χ3v) is 7.83. The minimum absolute atomic E-state index is 0.108. The number of halogens is 1. The standard InChI is InChI=1S/C21H20FN3O4S2/c1-2-10-25-19-17(22)4-3-5-18(19)30-21(25)23-20(26)15-6-8-16(9-7-15)31(27,28)24-11-13-29-14-12-24/h2-9H,1,10-14H2. The Labute approximate surface area is 182 Å². The lowest BCUT2D eigenvalue weighted by Gasteiger charge is -2.26. The van der Waals surface area contributed by atoms with E-state index in [4.69, 9.17) is 4.74 Å². The number of ether oxygens (including phenoxy) is 1. The number of sulfonamides is 1. The van der Waals surface area contributed by atoms with Crippen molar-refractivity contribution in [3.63, 3.8) is 0 Å². The van der Waals surface area contributed by atoms with Crippen LogP contribution in [-0.4, -0.2) is 49.5 Å². The normalized spacial score (nSPS) is 16.0. The van der Waals surface area contributed by atoms with E-state index in [1.807, 2.05) is 0 Å². The predicted octanol–water partition coefficient (Wildman–Crippen LogP) is 2.79. The number of hydrogen-bond donors (Lipinski definition) is 0. The Morgan fingerprint density at radius 3 is 2.58 bits per heavy atom. The lowest BCUT2D eigenvalue weighted by atomic mass is 10.2. The summed E-state index contributed by atoms with van der Waals surface area (Å²) in [5.41, 5.74) is 0.606. The van der Waals surface area contributed by atoms with Crippen LogP contribution in [0, 0.1) is 5.82 Å². The van der Waals surface area contributed by atoms with Crippen LogP contribution in [0.5, 0.6) is 0 Å². The zero-order valence-electron chi connectivity index (χ0n) is 16.5. The number of morpholine rings is 1. The molecular formula is C21H20FN3O4S2. The molecule has 0 saturated carbocycles. The third kappa shape index (κ3) is 4.24. The Hall–Kier alpha value is -2.66. The van der Waals surface area contributed by atoms with Crippen molar-refractivity contribution in [2.45, 2.75) is 11.4 Å². The summed E-state index contributed by atoms with van der Waals surface area (Å²) in [5.74, 6) is -0.942. The molecule has 3 aromatic rings. The van der Waals surface area contributed by atoms with Crippen LogP contribution in [0.2, 0.25) is 0 Å². The van der Waals surface area contributed by atoms with Crippen molar-refractivity contribution in [1.82, 2.24) is 8.87 Å². The van der Waals surface area contributed by atoms with Crippen LogP contribution in [-0.2, 0) is 21.3 Å². The van der Waals surface area contributed by atoms with Crippen LogP contribution >= 0.6 is 11.3 Å². The molecule has 2 aromatic carbocycles. The Kier molecular flexibility index (Phi) is 6.15.